The molecule has 0 aliphatic carbocycles. The molecule has 0 bridgehead atoms. The third kappa shape index (κ3) is 7.91. The van der Waals surface area contributed by atoms with Crippen LogP contribution in [0.15, 0.2) is 41.8 Å². The van der Waals surface area contributed by atoms with E-state index in [0.717, 1.165) is 23.6 Å². The molecule has 6 N–H and O–H groups in total. The van der Waals surface area contributed by atoms with Crippen molar-refractivity contribution in [2.75, 3.05) is 24.9 Å². The lowest BCUT2D eigenvalue weighted by Gasteiger charge is -2.27. The van der Waals surface area contributed by atoms with E-state index < -0.39 is 66.4 Å². The maximum atomic E-state index is 12.9. The van der Waals surface area contributed by atoms with Gasteiger partial charge in [-0.3, -0.25) is 13.7 Å². The van der Waals surface area contributed by atoms with Crippen LogP contribution in [-0.4, -0.2) is 89.9 Å². The summed E-state index contributed by atoms with van der Waals surface area (Å²) in [5.41, 5.74) is 0.790. The van der Waals surface area contributed by atoms with Crippen LogP contribution in [0, 0.1) is 0 Å². The number of benzene rings is 1. The number of aliphatic hydroxyl groups is 2. The predicted molar refractivity (Wildman–Crippen MR) is 142 cm³/mol. The van der Waals surface area contributed by atoms with Crippen molar-refractivity contribution in [3.63, 3.8) is 0 Å². The average molecular weight is 624 g/mol. The fourth-order valence-corrected chi connectivity index (χ4v) is 6.88. The lowest BCUT2D eigenvalue weighted by atomic mass is 10.2. The van der Waals surface area contributed by atoms with Gasteiger partial charge >= 0.3 is 15.2 Å². The molecule has 19 heteroatoms. The molecule has 1 aromatic carbocycles. The minimum Gasteiger partial charge on any atom is -0.386 e. The van der Waals surface area contributed by atoms with Crippen molar-refractivity contribution in [1.29, 1.82) is 0 Å². The summed E-state index contributed by atoms with van der Waals surface area (Å²) in [4.78, 5) is 40.0. The Labute approximate surface area is 229 Å². The van der Waals surface area contributed by atoms with Gasteiger partial charge in [-0.05, 0) is 19.4 Å². The first-order valence-electron chi connectivity index (χ1n) is 11.7. The van der Waals surface area contributed by atoms with Crippen molar-refractivity contribution >= 4 is 42.0 Å². The topological polar surface area (TPSA) is 244 Å². The van der Waals surface area contributed by atoms with E-state index in [1.165, 1.54) is 13.8 Å². The highest BCUT2D eigenvalue weighted by Crippen LogP contribution is 2.55. The van der Waals surface area contributed by atoms with Crippen molar-refractivity contribution in [1.82, 2.24) is 19.5 Å². The molecule has 0 amide bonds. The summed E-state index contributed by atoms with van der Waals surface area (Å²) in [6.45, 7) is 2.32. The van der Waals surface area contributed by atoms with Gasteiger partial charge in [0, 0.05) is 13.7 Å². The predicted octanol–water partition coefficient (Wildman–Crippen LogP) is 0.824. The summed E-state index contributed by atoms with van der Waals surface area (Å²) in [6, 6.07) is 9.17. The minimum atomic E-state index is -4.89. The first kappa shape index (κ1) is 32.2. The average Bonchev–Trinajstić information content (AvgIpc) is 3.30. The van der Waals surface area contributed by atoms with E-state index in [9.17, 15) is 32.7 Å². The highest BCUT2D eigenvalue weighted by atomic mass is 32.2. The number of ether oxygens (including phenoxy) is 1. The Bertz CT molecular complexity index is 1510. The molecule has 4 atom stereocenters. The molecule has 0 fully saturated rings. The second kappa shape index (κ2) is 12.7. The van der Waals surface area contributed by atoms with E-state index >= 15 is 0 Å². The number of imidazole rings is 1. The fourth-order valence-electron chi connectivity index (χ4n) is 3.46. The summed E-state index contributed by atoms with van der Waals surface area (Å²) >= 11 is 0. The van der Waals surface area contributed by atoms with Gasteiger partial charge in [-0.15, -0.1) is 0 Å². The van der Waals surface area contributed by atoms with Crippen molar-refractivity contribution in [2.45, 2.75) is 49.2 Å². The number of hydrogen-bond acceptors (Lipinski definition) is 12. The van der Waals surface area contributed by atoms with E-state index in [1.54, 1.807) is 0 Å². The molecule has 16 nitrogen and oxygen atoms in total. The molecular formula is C21H31N5O11P2S. The van der Waals surface area contributed by atoms with E-state index in [0.29, 0.717) is 0 Å². The highest BCUT2D eigenvalue weighted by molar-refractivity contribution is 7.91. The van der Waals surface area contributed by atoms with E-state index in [1.807, 2.05) is 30.3 Å². The third-order valence-corrected chi connectivity index (χ3v) is 11.0. The van der Waals surface area contributed by atoms with Gasteiger partial charge in [0.25, 0.3) is 5.16 Å². The smallest absolute Gasteiger partial charge is 0.340 e. The van der Waals surface area contributed by atoms with Gasteiger partial charge in [0.1, 0.15) is 12.2 Å². The Morgan fingerprint density at radius 1 is 1.07 bits per heavy atom. The quantitative estimate of drug-likeness (QED) is 0.108. The number of fused-ring (bicyclic) bond motifs is 1. The van der Waals surface area contributed by atoms with Crippen LogP contribution in [0.3, 0.4) is 0 Å². The van der Waals surface area contributed by atoms with Crippen molar-refractivity contribution in [3.05, 3.63) is 42.2 Å². The summed E-state index contributed by atoms with van der Waals surface area (Å²) in [5, 5.41) is 23.3. The zero-order chi connectivity index (χ0) is 29.9. The molecule has 0 spiro atoms. The highest BCUT2D eigenvalue weighted by Gasteiger charge is 2.36. The number of nitrogens with zero attached hydrogens (tertiary/aromatic N) is 4. The van der Waals surface area contributed by atoms with Gasteiger partial charge in [0.15, 0.2) is 29.1 Å². The molecule has 0 saturated carbocycles. The molecule has 222 valence electrons. The summed E-state index contributed by atoms with van der Waals surface area (Å²) in [6.07, 6.45) is -4.13. The molecule has 3 aromatic rings. The van der Waals surface area contributed by atoms with Crippen LogP contribution < -0.4 is 5.32 Å². The normalized spacial score (nSPS) is 16.5. The molecule has 3 rings (SSSR count). The minimum absolute atomic E-state index is 0.0544. The Balaban J connectivity index is 1.96. The molecule has 1 unspecified atom stereocenters. The van der Waals surface area contributed by atoms with Crippen LogP contribution in [-0.2, 0) is 34.8 Å². The Kier molecular flexibility index (Phi) is 10.2. The summed E-state index contributed by atoms with van der Waals surface area (Å²) in [7, 11) is -12.6. The van der Waals surface area contributed by atoms with Crippen LogP contribution in [0.2, 0.25) is 0 Å². The molecule has 2 heterocycles. The van der Waals surface area contributed by atoms with Crippen molar-refractivity contribution < 1.29 is 51.7 Å². The standard InChI is InChI=1S/C21H31N5O11P2S/c1-13(2)40(34,35)21-24-18(22-9-14-7-5-4-6-8-14)16-19(25-21)26(11-23-16)20(28)17(27)15(36-3)10-37-39(32,33)12-38(29,30)31/h4-8,11,13,15,17,20,27-28H,9-10,12H2,1-3H3,(H,32,33)(H,22,24,25)(H2,29,30,31)/t15-,17-,20-/m1/s1. The molecule has 0 radical (unpaired) electrons. The number of anilines is 1. The molecule has 0 aliphatic heterocycles. The number of aromatic nitrogens is 4. The molecule has 40 heavy (non-hydrogen) atoms. The number of nitrogens with one attached hydrogen (secondary N) is 1. The number of aliphatic hydroxyl groups excluding tert-OH is 2. The zero-order valence-corrected chi connectivity index (χ0v) is 24.3. The van der Waals surface area contributed by atoms with Crippen LogP contribution in [0.25, 0.3) is 11.2 Å². The largest absolute Gasteiger partial charge is 0.386 e. The molecule has 0 saturated heterocycles. The van der Waals surface area contributed by atoms with Crippen LogP contribution in [0.1, 0.15) is 25.6 Å². The maximum absolute atomic E-state index is 12.9. The fraction of sp³-hybridized carbons (Fsp3) is 0.476. The van der Waals surface area contributed by atoms with Gasteiger partial charge in [0.2, 0.25) is 9.84 Å². The Hall–Kier alpha value is -2.30. The number of hydrogen-bond donors (Lipinski definition) is 6. The van der Waals surface area contributed by atoms with Gasteiger partial charge < -0.3 is 39.5 Å². The first-order valence-corrected chi connectivity index (χ1v) is 16.8. The third-order valence-electron chi connectivity index (χ3n) is 5.66. The van der Waals surface area contributed by atoms with E-state index in [2.05, 4.69) is 20.3 Å². The Morgan fingerprint density at radius 3 is 2.30 bits per heavy atom. The summed E-state index contributed by atoms with van der Waals surface area (Å²) < 4.78 is 59.6. The second-order valence-electron chi connectivity index (χ2n) is 9.03. The number of methoxy groups -OCH3 is 1. The number of rotatable bonds is 14. The zero-order valence-electron chi connectivity index (χ0n) is 21.7. The van der Waals surface area contributed by atoms with Gasteiger partial charge in [-0.25, -0.2) is 13.4 Å². The molecular weight excluding hydrogens is 592 g/mol. The lowest BCUT2D eigenvalue weighted by molar-refractivity contribution is -0.113. The second-order valence-corrected chi connectivity index (χ2v) is 15.4. The van der Waals surface area contributed by atoms with Crippen molar-refractivity contribution in [2.24, 2.45) is 0 Å². The number of sulfone groups is 1. The molecule has 0 aliphatic rings. The monoisotopic (exact) mass is 623 g/mol. The first-order chi connectivity index (χ1) is 18.6. The van der Waals surface area contributed by atoms with Crippen LogP contribution in [0.4, 0.5) is 5.82 Å². The molecule has 2 aromatic heterocycles. The van der Waals surface area contributed by atoms with Gasteiger partial charge in [-0.2, -0.15) is 9.97 Å². The summed E-state index contributed by atoms with van der Waals surface area (Å²) in [5.74, 6) is -1.40. The van der Waals surface area contributed by atoms with Crippen molar-refractivity contribution in [3.8, 4) is 0 Å². The van der Waals surface area contributed by atoms with E-state index in [-0.39, 0.29) is 23.5 Å². The van der Waals surface area contributed by atoms with E-state index in [4.69, 9.17) is 19.0 Å². The Morgan fingerprint density at radius 2 is 1.73 bits per heavy atom. The SMILES string of the molecule is CO[C@H](COP(=O)(O)CP(=O)(O)O)[C@@H](O)[C@@H](O)n1cnc2c(NCc3ccccc3)nc(S(=O)(=O)C(C)C)nc21. The maximum Gasteiger partial charge on any atom is 0.340 e. The van der Waals surface area contributed by atoms with Crippen LogP contribution in [0.5, 0.6) is 0 Å². The lowest BCUT2D eigenvalue weighted by Crippen LogP contribution is -2.39. The van der Waals surface area contributed by atoms with Crippen LogP contribution >= 0.6 is 15.2 Å². The van der Waals surface area contributed by atoms with Gasteiger partial charge in [0.05, 0.1) is 18.2 Å². The van der Waals surface area contributed by atoms with Gasteiger partial charge in [-0.1, -0.05) is 30.3 Å².